The summed E-state index contributed by atoms with van der Waals surface area (Å²) in [5.41, 5.74) is 0.921. The van der Waals surface area contributed by atoms with Gasteiger partial charge in [0.05, 0.1) is 12.4 Å². The molecule has 1 saturated heterocycles. The number of ether oxygens (including phenoxy) is 4. The largest absolute Gasteiger partial charge is 0.456 e. The average molecular weight is 511 g/mol. The lowest BCUT2D eigenvalue weighted by atomic mass is 9.97. The van der Waals surface area contributed by atoms with Crippen molar-refractivity contribution in [2.45, 2.75) is 58.3 Å². The second-order valence-corrected chi connectivity index (χ2v) is 8.32. The molecular weight excluding hydrogens is 486 g/mol. The molecule has 1 fully saturated rings. The van der Waals surface area contributed by atoms with Crippen molar-refractivity contribution in [2.24, 2.45) is 0 Å². The Morgan fingerprint density at radius 3 is 2.14 bits per heavy atom. The van der Waals surface area contributed by atoms with Crippen molar-refractivity contribution < 1.29 is 38.1 Å². The van der Waals surface area contributed by atoms with E-state index >= 15 is 0 Å². The van der Waals surface area contributed by atoms with Crippen LogP contribution in [0.25, 0.3) is 11.2 Å². The number of esters is 3. The van der Waals surface area contributed by atoms with Gasteiger partial charge in [0.15, 0.2) is 41.5 Å². The van der Waals surface area contributed by atoms with Crippen molar-refractivity contribution in [3.05, 3.63) is 48.5 Å². The first-order valence-corrected chi connectivity index (χ1v) is 11.4. The summed E-state index contributed by atoms with van der Waals surface area (Å²) < 4.78 is 23.9. The number of nitrogens with zero attached hydrogens (tertiary/aromatic N) is 4. The Kier molecular flexibility index (Phi) is 7.43. The van der Waals surface area contributed by atoms with Crippen LogP contribution in [0.15, 0.2) is 43.0 Å². The molecule has 0 radical (unpaired) electrons. The van der Waals surface area contributed by atoms with Crippen molar-refractivity contribution >= 4 is 40.8 Å². The van der Waals surface area contributed by atoms with Crippen LogP contribution >= 0.6 is 0 Å². The van der Waals surface area contributed by atoms with Crippen LogP contribution < -0.4 is 5.32 Å². The van der Waals surface area contributed by atoms with Crippen LogP contribution in [0.5, 0.6) is 0 Å². The molecule has 5 atom stereocenters. The van der Waals surface area contributed by atoms with E-state index in [1.54, 1.807) is 37.3 Å². The first kappa shape index (κ1) is 25.7. The highest BCUT2D eigenvalue weighted by Crippen LogP contribution is 2.36. The van der Waals surface area contributed by atoms with Crippen LogP contribution in [0.2, 0.25) is 0 Å². The number of hydrogen-bond acceptors (Lipinski definition) is 11. The van der Waals surface area contributed by atoms with Gasteiger partial charge >= 0.3 is 17.9 Å². The Morgan fingerprint density at radius 2 is 1.49 bits per heavy atom. The highest BCUT2D eigenvalue weighted by molar-refractivity contribution is 6.06. The molecule has 3 heterocycles. The SMILES string of the molecule is CC(=O)O[C@@H]1[C@@H](OC(C)=O)[C@H](n2cnc3c(NC(=O)c4ccccc4)ncnc32)O[C@H](C)[C@@H]1OC(C)=O. The van der Waals surface area contributed by atoms with Crippen LogP contribution in [0.4, 0.5) is 5.82 Å². The van der Waals surface area contributed by atoms with E-state index in [1.165, 1.54) is 38.0 Å². The standard InChI is InChI=1S/C24H25N5O8/c1-12-18(35-13(2)30)19(36-14(3)31)20(37-15(4)32)24(34-12)29-11-27-17-21(25-10-26-22(17)29)28-23(33)16-8-6-5-7-9-16/h5-12,18-20,24H,1-4H3,(H,25,26,28,33)/t12-,18+,19+,20-,24-/m1/s1. The first-order chi connectivity index (χ1) is 17.7. The van der Waals surface area contributed by atoms with Gasteiger partial charge in [0.25, 0.3) is 5.91 Å². The van der Waals surface area contributed by atoms with Gasteiger partial charge in [0.2, 0.25) is 0 Å². The summed E-state index contributed by atoms with van der Waals surface area (Å²) in [6.45, 7) is 5.20. The Morgan fingerprint density at radius 1 is 0.865 bits per heavy atom. The number of aromatic nitrogens is 4. The lowest BCUT2D eigenvalue weighted by molar-refractivity contribution is -0.259. The van der Waals surface area contributed by atoms with Crippen LogP contribution in [-0.2, 0) is 33.3 Å². The second-order valence-electron chi connectivity index (χ2n) is 8.32. The molecular formula is C24H25N5O8. The topological polar surface area (TPSA) is 161 Å². The number of carbonyl (C=O) groups excluding carboxylic acids is 4. The fourth-order valence-electron chi connectivity index (χ4n) is 4.11. The molecule has 3 aromatic rings. The van der Waals surface area contributed by atoms with Crippen LogP contribution in [0.3, 0.4) is 0 Å². The highest BCUT2D eigenvalue weighted by atomic mass is 16.7. The number of fused-ring (bicyclic) bond motifs is 1. The highest BCUT2D eigenvalue weighted by Gasteiger charge is 2.51. The van der Waals surface area contributed by atoms with Crippen molar-refractivity contribution in [1.29, 1.82) is 0 Å². The quantitative estimate of drug-likeness (QED) is 0.379. The Bertz CT molecular complexity index is 1330. The Hall–Kier alpha value is -4.39. The molecule has 0 aliphatic carbocycles. The molecule has 1 aromatic carbocycles. The van der Waals surface area contributed by atoms with Crippen molar-refractivity contribution in [3.8, 4) is 0 Å². The Balaban J connectivity index is 1.73. The number of amides is 1. The number of carbonyl (C=O) groups is 4. The molecule has 13 heteroatoms. The molecule has 0 spiro atoms. The summed E-state index contributed by atoms with van der Waals surface area (Å²) in [5.74, 6) is -2.22. The molecule has 0 unspecified atom stereocenters. The third kappa shape index (κ3) is 5.56. The number of rotatable bonds is 6. The maximum absolute atomic E-state index is 12.7. The minimum absolute atomic E-state index is 0.153. The van der Waals surface area contributed by atoms with Crippen molar-refractivity contribution in [2.75, 3.05) is 5.32 Å². The van der Waals surface area contributed by atoms with Crippen LogP contribution in [-0.4, -0.2) is 67.7 Å². The molecule has 4 rings (SSSR count). The fourth-order valence-corrected chi connectivity index (χ4v) is 4.11. The van der Waals surface area contributed by atoms with Gasteiger partial charge in [-0.25, -0.2) is 15.0 Å². The van der Waals surface area contributed by atoms with E-state index in [0.717, 1.165) is 0 Å². The summed E-state index contributed by atoms with van der Waals surface area (Å²) in [6.07, 6.45) is -2.70. The minimum Gasteiger partial charge on any atom is -0.456 e. The zero-order valence-electron chi connectivity index (χ0n) is 20.5. The van der Waals surface area contributed by atoms with Gasteiger partial charge in [-0.05, 0) is 19.1 Å². The predicted molar refractivity (Wildman–Crippen MR) is 126 cm³/mol. The molecule has 194 valence electrons. The molecule has 2 aromatic heterocycles. The zero-order chi connectivity index (χ0) is 26.7. The monoisotopic (exact) mass is 511 g/mol. The molecule has 1 amide bonds. The molecule has 13 nitrogen and oxygen atoms in total. The first-order valence-electron chi connectivity index (χ1n) is 11.4. The fraction of sp³-hybridized carbons (Fsp3) is 0.375. The predicted octanol–water partition coefficient (Wildman–Crippen LogP) is 1.79. The average Bonchev–Trinajstić information content (AvgIpc) is 3.28. The zero-order valence-corrected chi connectivity index (χ0v) is 20.5. The summed E-state index contributed by atoms with van der Waals surface area (Å²) in [4.78, 5) is 61.1. The van der Waals surface area contributed by atoms with Gasteiger partial charge in [-0.2, -0.15) is 0 Å². The van der Waals surface area contributed by atoms with E-state index in [2.05, 4.69) is 20.3 Å². The van der Waals surface area contributed by atoms with E-state index in [-0.39, 0.29) is 17.0 Å². The van der Waals surface area contributed by atoms with E-state index in [1.807, 2.05) is 0 Å². The molecule has 0 saturated carbocycles. The van der Waals surface area contributed by atoms with Crippen molar-refractivity contribution in [1.82, 2.24) is 19.5 Å². The maximum Gasteiger partial charge on any atom is 0.303 e. The molecule has 0 bridgehead atoms. The number of imidazole rings is 1. The van der Waals surface area contributed by atoms with Gasteiger partial charge in [-0.15, -0.1) is 0 Å². The van der Waals surface area contributed by atoms with E-state index in [0.29, 0.717) is 5.56 Å². The number of anilines is 1. The summed E-state index contributed by atoms with van der Waals surface area (Å²) in [6, 6.07) is 8.57. The summed E-state index contributed by atoms with van der Waals surface area (Å²) >= 11 is 0. The van der Waals surface area contributed by atoms with Crippen molar-refractivity contribution in [3.63, 3.8) is 0 Å². The third-order valence-electron chi connectivity index (χ3n) is 5.55. The summed E-state index contributed by atoms with van der Waals surface area (Å²) in [5, 5.41) is 2.71. The van der Waals surface area contributed by atoms with Gasteiger partial charge in [-0.1, -0.05) is 18.2 Å². The van der Waals surface area contributed by atoms with Crippen LogP contribution in [0, 0.1) is 0 Å². The molecule has 1 aliphatic rings. The molecule has 37 heavy (non-hydrogen) atoms. The second kappa shape index (κ2) is 10.7. The Labute approximate surface area is 211 Å². The molecule has 1 N–H and O–H groups in total. The van der Waals surface area contributed by atoms with E-state index in [9.17, 15) is 19.2 Å². The van der Waals surface area contributed by atoms with E-state index in [4.69, 9.17) is 18.9 Å². The number of hydrogen-bond donors (Lipinski definition) is 1. The van der Waals surface area contributed by atoms with Gasteiger partial charge < -0.3 is 24.3 Å². The lowest BCUT2D eigenvalue weighted by Crippen LogP contribution is -2.58. The maximum atomic E-state index is 12.7. The third-order valence-corrected chi connectivity index (χ3v) is 5.55. The van der Waals surface area contributed by atoms with E-state index < -0.39 is 54.5 Å². The molecule has 1 aliphatic heterocycles. The lowest BCUT2D eigenvalue weighted by Gasteiger charge is -2.43. The van der Waals surface area contributed by atoms with Gasteiger partial charge in [0.1, 0.15) is 6.33 Å². The van der Waals surface area contributed by atoms with Crippen LogP contribution in [0.1, 0.15) is 44.3 Å². The normalized spacial score (nSPS) is 23.2. The minimum atomic E-state index is -1.23. The number of nitrogens with one attached hydrogen (secondary N) is 1. The summed E-state index contributed by atoms with van der Waals surface area (Å²) in [7, 11) is 0. The number of benzene rings is 1. The van der Waals surface area contributed by atoms with Gasteiger partial charge in [-0.3, -0.25) is 23.7 Å². The smallest absolute Gasteiger partial charge is 0.303 e. The van der Waals surface area contributed by atoms with Gasteiger partial charge in [0, 0.05) is 26.3 Å².